The number of nitrogens with one attached hydrogen (secondary N) is 1. The predicted octanol–water partition coefficient (Wildman–Crippen LogP) is 2.75. The fourth-order valence-electron chi connectivity index (χ4n) is 3.30. The molecule has 0 bridgehead atoms. The summed E-state index contributed by atoms with van der Waals surface area (Å²) >= 11 is 1.33. The van der Waals surface area contributed by atoms with Crippen LogP contribution in [0.15, 0.2) is 29.4 Å². The molecule has 2 aliphatic rings. The van der Waals surface area contributed by atoms with Crippen LogP contribution in [0.4, 0.5) is 5.69 Å². The lowest BCUT2D eigenvalue weighted by atomic mass is 10.1. The summed E-state index contributed by atoms with van der Waals surface area (Å²) < 4.78 is 1.79. The van der Waals surface area contributed by atoms with Crippen molar-refractivity contribution in [2.24, 2.45) is 0 Å². The van der Waals surface area contributed by atoms with Crippen LogP contribution in [0.3, 0.4) is 0 Å². The molecule has 1 unspecified atom stereocenters. The lowest BCUT2D eigenvalue weighted by Crippen LogP contribution is -2.36. The first kappa shape index (κ1) is 18.9. The van der Waals surface area contributed by atoms with E-state index in [-0.39, 0.29) is 17.1 Å². The van der Waals surface area contributed by atoms with E-state index in [9.17, 15) is 9.59 Å². The van der Waals surface area contributed by atoms with Gasteiger partial charge in [-0.05, 0) is 61.6 Å². The molecule has 1 saturated heterocycles. The molecule has 2 aromatic rings. The van der Waals surface area contributed by atoms with Crippen LogP contribution in [0.2, 0.25) is 0 Å². The van der Waals surface area contributed by atoms with E-state index >= 15 is 0 Å². The number of hydrogen-bond donors (Lipinski definition) is 1. The van der Waals surface area contributed by atoms with Crippen LogP contribution in [-0.4, -0.2) is 55.3 Å². The normalized spacial score (nSPS) is 18.0. The number of likely N-dealkylation sites (tertiary alicyclic amines) is 1. The number of carbonyl (C=O) groups is 2. The fourth-order valence-corrected chi connectivity index (χ4v) is 4.16. The van der Waals surface area contributed by atoms with Gasteiger partial charge in [-0.3, -0.25) is 9.59 Å². The molecule has 148 valence electrons. The maximum absolute atomic E-state index is 12.9. The fraction of sp³-hybridized carbons (Fsp3) is 0.526. The Morgan fingerprint density at radius 2 is 1.93 bits per heavy atom. The highest BCUT2D eigenvalue weighted by molar-refractivity contribution is 8.00. The molecule has 1 aliphatic heterocycles. The van der Waals surface area contributed by atoms with Gasteiger partial charge in [0.2, 0.25) is 11.1 Å². The Kier molecular flexibility index (Phi) is 5.61. The zero-order valence-electron chi connectivity index (χ0n) is 15.9. The van der Waals surface area contributed by atoms with Crippen molar-refractivity contribution in [1.29, 1.82) is 0 Å². The van der Waals surface area contributed by atoms with Gasteiger partial charge >= 0.3 is 0 Å². The van der Waals surface area contributed by atoms with E-state index in [1.54, 1.807) is 16.8 Å². The van der Waals surface area contributed by atoms with Gasteiger partial charge in [-0.25, -0.2) is 4.68 Å². The molecule has 1 aliphatic carbocycles. The maximum atomic E-state index is 12.9. The molecule has 2 heterocycles. The van der Waals surface area contributed by atoms with Gasteiger partial charge in [0.1, 0.15) is 0 Å². The van der Waals surface area contributed by atoms with Crippen molar-refractivity contribution in [2.45, 2.75) is 55.5 Å². The largest absolute Gasteiger partial charge is 0.339 e. The van der Waals surface area contributed by atoms with Gasteiger partial charge in [0.25, 0.3) is 5.91 Å². The second kappa shape index (κ2) is 8.30. The van der Waals surface area contributed by atoms with Crippen LogP contribution >= 0.6 is 11.8 Å². The van der Waals surface area contributed by atoms with E-state index in [1.807, 2.05) is 24.0 Å². The molecule has 2 amide bonds. The average Bonchev–Trinajstić information content (AvgIpc) is 3.47. The van der Waals surface area contributed by atoms with E-state index in [2.05, 4.69) is 20.8 Å². The third-order valence-corrected chi connectivity index (χ3v) is 6.11. The van der Waals surface area contributed by atoms with Crippen LogP contribution < -0.4 is 5.32 Å². The first-order valence-corrected chi connectivity index (χ1v) is 10.6. The minimum absolute atomic E-state index is 0.0198. The quantitative estimate of drug-likeness (QED) is 0.750. The highest BCUT2D eigenvalue weighted by atomic mass is 32.2. The van der Waals surface area contributed by atoms with Crippen molar-refractivity contribution in [1.82, 2.24) is 25.1 Å². The standard InChI is InChI=1S/C19H24N6O2S/c1-13(28-19-21-22-23-25(19)14-9-10-14)17(26)20-16-8-4-3-7-15(16)18(27)24-11-5-2-6-12-24/h3-4,7-8,13-14H,2,5-6,9-12H2,1H3,(H,20,26). The Labute approximate surface area is 168 Å². The maximum Gasteiger partial charge on any atom is 0.255 e. The van der Waals surface area contributed by atoms with Crippen molar-refractivity contribution >= 4 is 29.3 Å². The molecular weight excluding hydrogens is 376 g/mol. The Morgan fingerprint density at radius 1 is 1.18 bits per heavy atom. The number of amides is 2. The molecule has 8 nitrogen and oxygen atoms in total. The SMILES string of the molecule is CC(Sc1nnnn1C1CC1)C(=O)Nc1ccccc1C(=O)N1CCCCC1. The summed E-state index contributed by atoms with van der Waals surface area (Å²) in [6, 6.07) is 7.57. The monoisotopic (exact) mass is 400 g/mol. The number of benzene rings is 1. The van der Waals surface area contributed by atoms with Crippen molar-refractivity contribution in [3.05, 3.63) is 29.8 Å². The van der Waals surface area contributed by atoms with Crippen molar-refractivity contribution in [3.8, 4) is 0 Å². The smallest absolute Gasteiger partial charge is 0.255 e. The van der Waals surface area contributed by atoms with Crippen molar-refractivity contribution in [2.75, 3.05) is 18.4 Å². The number of thioether (sulfide) groups is 1. The first-order valence-electron chi connectivity index (χ1n) is 9.77. The summed E-state index contributed by atoms with van der Waals surface area (Å²) in [7, 11) is 0. The van der Waals surface area contributed by atoms with Crippen LogP contribution in [0.5, 0.6) is 0 Å². The van der Waals surface area contributed by atoms with Crippen LogP contribution in [-0.2, 0) is 4.79 Å². The number of piperidine rings is 1. The summed E-state index contributed by atoms with van der Waals surface area (Å²) in [4.78, 5) is 27.5. The Hall–Kier alpha value is -2.42. The molecule has 1 saturated carbocycles. The van der Waals surface area contributed by atoms with Crippen LogP contribution in [0, 0.1) is 0 Å². The van der Waals surface area contributed by atoms with Gasteiger partial charge in [0, 0.05) is 13.1 Å². The van der Waals surface area contributed by atoms with E-state index in [1.165, 1.54) is 11.8 Å². The van der Waals surface area contributed by atoms with E-state index in [0.29, 0.717) is 22.4 Å². The number of hydrogen-bond acceptors (Lipinski definition) is 6. The highest BCUT2D eigenvalue weighted by Gasteiger charge is 2.30. The summed E-state index contributed by atoms with van der Waals surface area (Å²) in [5, 5.41) is 15.0. The summed E-state index contributed by atoms with van der Waals surface area (Å²) in [5.74, 6) is -0.192. The van der Waals surface area contributed by atoms with Crippen molar-refractivity contribution in [3.63, 3.8) is 0 Å². The minimum Gasteiger partial charge on any atom is -0.339 e. The number of carbonyl (C=O) groups excluding carboxylic acids is 2. The van der Waals surface area contributed by atoms with Gasteiger partial charge in [0.15, 0.2) is 0 Å². The third kappa shape index (κ3) is 4.19. The first-order chi connectivity index (χ1) is 13.6. The number of rotatable bonds is 6. The molecule has 0 spiro atoms. The topological polar surface area (TPSA) is 93.0 Å². The lowest BCUT2D eigenvalue weighted by Gasteiger charge is -2.27. The molecule has 2 fully saturated rings. The Morgan fingerprint density at radius 3 is 2.68 bits per heavy atom. The molecular formula is C19H24N6O2S. The number of anilines is 1. The molecule has 9 heteroatoms. The summed E-state index contributed by atoms with van der Waals surface area (Å²) in [6.07, 6.45) is 5.38. The highest BCUT2D eigenvalue weighted by Crippen LogP contribution is 2.37. The molecule has 1 aromatic heterocycles. The van der Waals surface area contributed by atoms with Crippen LogP contribution in [0.25, 0.3) is 0 Å². The Balaban J connectivity index is 1.43. The molecule has 1 atom stereocenters. The third-order valence-electron chi connectivity index (χ3n) is 5.07. The average molecular weight is 401 g/mol. The summed E-state index contributed by atoms with van der Waals surface area (Å²) in [6.45, 7) is 3.37. The summed E-state index contributed by atoms with van der Waals surface area (Å²) in [5.41, 5.74) is 1.09. The second-order valence-electron chi connectivity index (χ2n) is 7.28. The van der Waals surface area contributed by atoms with E-state index in [0.717, 1.165) is 45.2 Å². The van der Waals surface area contributed by atoms with Gasteiger partial charge in [0.05, 0.1) is 22.5 Å². The lowest BCUT2D eigenvalue weighted by molar-refractivity contribution is -0.115. The predicted molar refractivity (Wildman–Crippen MR) is 106 cm³/mol. The number of nitrogens with zero attached hydrogens (tertiary/aromatic N) is 5. The van der Waals surface area contributed by atoms with E-state index in [4.69, 9.17) is 0 Å². The van der Waals surface area contributed by atoms with E-state index < -0.39 is 0 Å². The number of tetrazole rings is 1. The molecule has 28 heavy (non-hydrogen) atoms. The second-order valence-corrected chi connectivity index (χ2v) is 8.59. The zero-order valence-corrected chi connectivity index (χ0v) is 16.7. The number of aromatic nitrogens is 4. The molecule has 4 rings (SSSR count). The van der Waals surface area contributed by atoms with Crippen molar-refractivity contribution < 1.29 is 9.59 Å². The molecule has 1 N–H and O–H groups in total. The van der Waals surface area contributed by atoms with Gasteiger partial charge in [-0.1, -0.05) is 23.9 Å². The number of para-hydroxylation sites is 1. The van der Waals surface area contributed by atoms with Gasteiger partial charge < -0.3 is 10.2 Å². The minimum atomic E-state index is -0.387. The molecule has 0 radical (unpaired) electrons. The van der Waals surface area contributed by atoms with Crippen LogP contribution in [0.1, 0.15) is 55.4 Å². The molecule has 1 aromatic carbocycles. The van der Waals surface area contributed by atoms with Gasteiger partial charge in [-0.15, -0.1) is 5.10 Å². The Bertz CT molecular complexity index is 860. The zero-order chi connectivity index (χ0) is 19.5. The van der Waals surface area contributed by atoms with Gasteiger partial charge in [-0.2, -0.15) is 0 Å².